The van der Waals surface area contributed by atoms with Gasteiger partial charge in [-0.1, -0.05) is 58.4 Å². The largest absolute Gasteiger partial charge is 0.466 e. The Morgan fingerprint density at radius 1 is 0.900 bits per heavy atom. The summed E-state index contributed by atoms with van der Waals surface area (Å²) in [6, 6.07) is 14.9. The number of aryl methyl sites for hydroxylation is 2. The van der Waals surface area contributed by atoms with E-state index in [1.54, 1.807) is 0 Å². The highest BCUT2D eigenvalue weighted by atomic mass is 79.9. The zero-order valence-electron chi connectivity index (χ0n) is 11.9. The number of rotatable bonds is 2. The van der Waals surface area contributed by atoms with E-state index < -0.39 is 0 Å². The Kier molecular flexibility index (Phi) is 3.43. The van der Waals surface area contributed by atoms with Gasteiger partial charge < -0.3 is 4.42 Å². The minimum absolute atomic E-state index is 0.158. The van der Waals surface area contributed by atoms with E-state index in [0.29, 0.717) is 0 Å². The van der Waals surface area contributed by atoms with Crippen LogP contribution in [0.25, 0.3) is 10.8 Å². The van der Waals surface area contributed by atoms with Crippen LogP contribution in [0, 0.1) is 20.8 Å². The van der Waals surface area contributed by atoms with E-state index in [2.05, 4.69) is 65.3 Å². The lowest BCUT2D eigenvalue weighted by molar-refractivity contribution is 0.500. The minimum Gasteiger partial charge on any atom is -0.466 e. The smallest absolute Gasteiger partial charge is 0.106 e. The zero-order valence-corrected chi connectivity index (χ0v) is 13.5. The molecule has 2 aromatic carbocycles. The Morgan fingerprint density at radius 3 is 2.30 bits per heavy atom. The molecule has 0 aliphatic carbocycles. The molecule has 1 heterocycles. The molecule has 20 heavy (non-hydrogen) atoms. The van der Waals surface area contributed by atoms with Crippen LogP contribution in [0.2, 0.25) is 0 Å². The molecule has 0 saturated carbocycles. The highest BCUT2D eigenvalue weighted by Crippen LogP contribution is 2.40. The Balaban J connectivity index is 2.20. The molecule has 0 fully saturated rings. The number of halogens is 1. The number of benzene rings is 2. The van der Waals surface area contributed by atoms with Crippen molar-refractivity contribution in [1.82, 2.24) is 0 Å². The van der Waals surface area contributed by atoms with E-state index in [-0.39, 0.29) is 4.83 Å². The van der Waals surface area contributed by atoms with Crippen LogP contribution in [0.3, 0.4) is 0 Å². The van der Waals surface area contributed by atoms with Crippen molar-refractivity contribution in [1.29, 1.82) is 0 Å². The first kappa shape index (κ1) is 13.4. The second-order valence-electron chi connectivity index (χ2n) is 5.18. The van der Waals surface area contributed by atoms with E-state index in [4.69, 9.17) is 4.42 Å². The monoisotopic (exact) mass is 328 g/mol. The summed E-state index contributed by atoms with van der Waals surface area (Å²) in [6.45, 7) is 6.18. The van der Waals surface area contributed by atoms with Gasteiger partial charge in [0.15, 0.2) is 0 Å². The summed E-state index contributed by atoms with van der Waals surface area (Å²) < 4.78 is 5.77. The molecule has 2 heteroatoms. The lowest BCUT2D eigenvalue weighted by Gasteiger charge is -2.14. The van der Waals surface area contributed by atoms with Crippen molar-refractivity contribution >= 4 is 26.7 Å². The molecule has 0 N–H and O–H groups in total. The lowest BCUT2D eigenvalue weighted by atomic mass is 9.96. The third-order valence-corrected chi connectivity index (χ3v) is 4.92. The van der Waals surface area contributed by atoms with Crippen LogP contribution < -0.4 is 0 Å². The van der Waals surface area contributed by atoms with Gasteiger partial charge in [0.25, 0.3) is 0 Å². The van der Waals surface area contributed by atoms with Gasteiger partial charge in [-0.05, 0) is 42.7 Å². The predicted molar refractivity (Wildman–Crippen MR) is 87.6 cm³/mol. The van der Waals surface area contributed by atoms with Gasteiger partial charge in [-0.25, -0.2) is 0 Å². The maximum Gasteiger partial charge on any atom is 0.106 e. The van der Waals surface area contributed by atoms with Crippen LogP contribution in [0.15, 0.2) is 46.9 Å². The average Bonchev–Trinajstić information content (AvgIpc) is 2.71. The maximum atomic E-state index is 5.77. The number of alkyl halides is 1. The van der Waals surface area contributed by atoms with E-state index >= 15 is 0 Å². The molecule has 0 aliphatic rings. The van der Waals surface area contributed by atoms with Gasteiger partial charge in [0, 0.05) is 5.56 Å². The summed E-state index contributed by atoms with van der Waals surface area (Å²) in [4.78, 5) is 0.158. The number of hydrogen-bond donors (Lipinski definition) is 0. The summed E-state index contributed by atoms with van der Waals surface area (Å²) in [6.07, 6.45) is 0. The number of fused-ring (bicyclic) bond motifs is 1. The normalized spacial score (nSPS) is 12.8. The third kappa shape index (κ3) is 2.08. The Hall–Kier alpha value is -1.54. The zero-order chi connectivity index (χ0) is 14.3. The van der Waals surface area contributed by atoms with Crippen molar-refractivity contribution in [2.24, 2.45) is 0 Å². The summed E-state index contributed by atoms with van der Waals surface area (Å²) in [5, 5.41) is 2.56. The number of furan rings is 1. The van der Waals surface area contributed by atoms with Gasteiger partial charge >= 0.3 is 0 Å². The van der Waals surface area contributed by atoms with Gasteiger partial charge in [0.1, 0.15) is 11.5 Å². The standard InChI is InChI=1S/C18H17BrO/c1-11-12(2)20-13(3)17(11)18(19)16-10-6-8-14-7-4-5-9-15(14)16/h4-10,18H,1-3H3. The molecule has 0 bridgehead atoms. The fourth-order valence-corrected chi connectivity index (χ4v) is 3.88. The number of hydrogen-bond acceptors (Lipinski definition) is 1. The van der Waals surface area contributed by atoms with Crippen LogP contribution in [0.5, 0.6) is 0 Å². The molecule has 3 aromatic rings. The summed E-state index contributed by atoms with van der Waals surface area (Å²) >= 11 is 3.87. The van der Waals surface area contributed by atoms with E-state index in [1.165, 1.54) is 27.5 Å². The molecule has 102 valence electrons. The highest BCUT2D eigenvalue weighted by Gasteiger charge is 2.21. The van der Waals surface area contributed by atoms with Crippen molar-refractivity contribution in [3.05, 3.63) is 70.7 Å². The van der Waals surface area contributed by atoms with E-state index in [0.717, 1.165) is 11.5 Å². The van der Waals surface area contributed by atoms with Gasteiger partial charge in [-0.2, -0.15) is 0 Å². The molecule has 0 radical (unpaired) electrons. The van der Waals surface area contributed by atoms with Crippen LogP contribution in [0.4, 0.5) is 0 Å². The third-order valence-electron chi connectivity index (χ3n) is 3.97. The first-order valence-electron chi connectivity index (χ1n) is 6.78. The molecule has 1 atom stereocenters. The lowest BCUT2D eigenvalue weighted by Crippen LogP contribution is -1.96. The molecule has 3 rings (SSSR count). The predicted octanol–water partition coefficient (Wildman–Crippen LogP) is 5.84. The second-order valence-corrected chi connectivity index (χ2v) is 6.10. The Morgan fingerprint density at radius 2 is 1.60 bits per heavy atom. The average molecular weight is 329 g/mol. The first-order chi connectivity index (χ1) is 9.59. The van der Waals surface area contributed by atoms with Gasteiger partial charge in [-0.3, -0.25) is 0 Å². The van der Waals surface area contributed by atoms with Crippen molar-refractivity contribution in [2.45, 2.75) is 25.6 Å². The first-order valence-corrected chi connectivity index (χ1v) is 7.69. The summed E-state index contributed by atoms with van der Waals surface area (Å²) in [5.74, 6) is 2.00. The van der Waals surface area contributed by atoms with Crippen LogP contribution >= 0.6 is 15.9 Å². The van der Waals surface area contributed by atoms with E-state index in [9.17, 15) is 0 Å². The van der Waals surface area contributed by atoms with E-state index in [1.807, 2.05) is 13.8 Å². The summed E-state index contributed by atoms with van der Waals surface area (Å²) in [5.41, 5.74) is 3.77. The molecule has 1 nitrogen and oxygen atoms in total. The molecule has 0 amide bonds. The molecule has 1 aromatic heterocycles. The topological polar surface area (TPSA) is 13.1 Å². The SMILES string of the molecule is Cc1oc(C)c(C(Br)c2cccc3ccccc23)c1C. The van der Waals surface area contributed by atoms with Crippen LogP contribution in [-0.4, -0.2) is 0 Å². The molecule has 0 saturated heterocycles. The van der Waals surface area contributed by atoms with Crippen molar-refractivity contribution in [3.8, 4) is 0 Å². The maximum absolute atomic E-state index is 5.77. The van der Waals surface area contributed by atoms with Crippen molar-refractivity contribution in [3.63, 3.8) is 0 Å². The van der Waals surface area contributed by atoms with Crippen LogP contribution in [0.1, 0.15) is 33.0 Å². The molecular formula is C18H17BrO. The van der Waals surface area contributed by atoms with Gasteiger partial charge in [-0.15, -0.1) is 0 Å². The second kappa shape index (κ2) is 5.10. The molecular weight excluding hydrogens is 312 g/mol. The van der Waals surface area contributed by atoms with Crippen molar-refractivity contribution in [2.75, 3.05) is 0 Å². The molecule has 1 unspecified atom stereocenters. The Bertz CT molecular complexity index is 765. The van der Waals surface area contributed by atoms with Gasteiger partial charge in [0.2, 0.25) is 0 Å². The highest BCUT2D eigenvalue weighted by molar-refractivity contribution is 9.09. The fourth-order valence-electron chi connectivity index (χ4n) is 2.81. The fraction of sp³-hybridized carbons (Fsp3) is 0.222. The van der Waals surface area contributed by atoms with Crippen molar-refractivity contribution < 1.29 is 4.42 Å². The van der Waals surface area contributed by atoms with Gasteiger partial charge in [0.05, 0.1) is 4.83 Å². The Labute approximate surface area is 127 Å². The van der Waals surface area contributed by atoms with Crippen LogP contribution in [-0.2, 0) is 0 Å². The summed E-state index contributed by atoms with van der Waals surface area (Å²) in [7, 11) is 0. The minimum atomic E-state index is 0.158. The molecule has 0 aliphatic heterocycles. The molecule has 0 spiro atoms. The quantitative estimate of drug-likeness (QED) is 0.538.